The quantitative estimate of drug-likeness (QED) is 0.531. The van der Waals surface area contributed by atoms with Gasteiger partial charge in [0.25, 0.3) is 0 Å². The number of hydrogen-bond acceptors (Lipinski definition) is 3. The molecule has 0 radical (unpaired) electrons. The van der Waals surface area contributed by atoms with Gasteiger partial charge in [-0.3, -0.25) is 0 Å². The Bertz CT molecular complexity index is 412. The normalized spacial score (nSPS) is 11.7. The van der Waals surface area contributed by atoms with Crippen LogP contribution in [-0.2, 0) is 16.0 Å². The van der Waals surface area contributed by atoms with E-state index in [-0.39, 0.29) is 5.97 Å². The van der Waals surface area contributed by atoms with Crippen molar-refractivity contribution in [1.82, 2.24) is 0 Å². The summed E-state index contributed by atoms with van der Waals surface area (Å²) < 4.78 is 10.9. The van der Waals surface area contributed by atoms with Gasteiger partial charge in [0.1, 0.15) is 5.75 Å². The van der Waals surface area contributed by atoms with Crippen molar-refractivity contribution < 1.29 is 14.3 Å². The van der Waals surface area contributed by atoms with E-state index >= 15 is 0 Å². The minimum atomic E-state index is -0.532. The molecule has 0 amide bonds. The molecule has 0 N–H and O–H groups in total. The maximum absolute atomic E-state index is 11.8. The fourth-order valence-electron chi connectivity index (χ4n) is 1.82. The molecule has 3 heteroatoms. The molecule has 0 aliphatic heterocycles. The molecule has 0 heterocycles. The molecule has 1 unspecified atom stereocenters. The van der Waals surface area contributed by atoms with Gasteiger partial charge in [0.2, 0.25) is 0 Å². The van der Waals surface area contributed by atoms with Gasteiger partial charge in [0.15, 0.2) is 6.10 Å². The molecule has 0 saturated carbocycles. The smallest absolute Gasteiger partial charge is 0.347 e. The third-order valence-electron chi connectivity index (χ3n) is 2.71. The lowest BCUT2D eigenvalue weighted by atomic mass is 10.1. The van der Waals surface area contributed by atoms with Gasteiger partial charge in [-0.15, -0.1) is 6.58 Å². The number of esters is 1. The number of hydrogen-bond donors (Lipinski definition) is 0. The first kappa shape index (κ1) is 15.3. The second kappa shape index (κ2) is 8.35. The monoisotopic (exact) mass is 262 g/mol. The highest BCUT2D eigenvalue weighted by atomic mass is 16.6. The predicted molar refractivity (Wildman–Crippen MR) is 76.3 cm³/mol. The molecule has 0 bridgehead atoms. The van der Waals surface area contributed by atoms with Crippen molar-refractivity contribution in [3.63, 3.8) is 0 Å². The third kappa shape index (κ3) is 4.78. The molecular weight excluding hydrogens is 240 g/mol. The van der Waals surface area contributed by atoms with Crippen molar-refractivity contribution in [2.45, 2.75) is 39.2 Å². The van der Waals surface area contributed by atoms with Crippen LogP contribution < -0.4 is 4.74 Å². The van der Waals surface area contributed by atoms with Crippen molar-refractivity contribution in [2.75, 3.05) is 6.61 Å². The summed E-state index contributed by atoms with van der Waals surface area (Å²) in [6, 6.07) is 7.70. The second-order valence-corrected chi connectivity index (χ2v) is 4.25. The maximum Gasteiger partial charge on any atom is 0.347 e. The van der Waals surface area contributed by atoms with Gasteiger partial charge in [0, 0.05) is 0 Å². The number of para-hydroxylation sites is 1. The van der Waals surface area contributed by atoms with Crippen LogP contribution in [0.1, 0.15) is 32.3 Å². The summed E-state index contributed by atoms with van der Waals surface area (Å²) in [6.07, 6.45) is 3.53. The second-order valence-electron chi connectivity index (χ2n) is 4.25. The molecule has 1 aromatic rings. The van der Waals surface area contributed by atoms with Gasteiger partial charge in [0.05, 0.1) is 6.61 Å². The van der Waals surface area contributed by atoms with Crippen molar-refractivity contribution >= 4 is 5.97 Å². The number of benzene rings is 1. The first-order valence-electron chi connectivity index (χ1n) is 6.75. The Hall–Kier alpha value is -1.77. The average Bonchev–Trinajstić information content (AvgIpc) is 2.41. The van der Waals surface area contributed by atoms with Gasteiger partial charge in [-0.05, 0) is 31.4 Å². The fraction of sp³-hybridized carbons (Fsp3) is 0.438. The molecule has 0 spiro atoms. The first-order chi connectivity index (χ1) is 9.22. The Morgan fingerprint density at radius 1 is 1.37 bits per heavy atom. The van der Waals surface area contributed by atoms with E-state index in [1.165, 1.54) is 0 Å². The van der Waals surface area contributed by atoms with E-state index in [1.54, 1.807) is 6.92 Å². The van der Waals surface area contributed by atoms with E-state index in [0.29, 0.717) is 13.0 Å². The molecule has 1 rings (SSSR count). The van der Waals surface area contributed by atoms with Gasteiger partial charge in [-0.25, -0.2) is 4.79 Å². The van der Waals surface area contributed by atoms with Crippen LogP contribution in [-0.4, -0.2) is 18.7 Å². The minimum Gasteiger partial charge on any atom is -0.478 e. The summed E-state index contributed by atoms with van der Waals surface area (Å²) in [5.41, 5.74) is 1.03. The highest BCUT2D eigenvalue weighted by Gasteiger charge is 2.21. The lowest BCUT2D eigenvalue weighted by Gasteiger charge is -2.18. The highest BCUT2D eigenvalue weighted by molar-refractivity contribution is 5.75. The Kier molecular flexibility index (Phi) is 6.72. The molecule has 104 valence electrons. The van der Waals surface area contributed by atoms with E-state index < -0.39 is 6.10 Å². The Balaban J connectivity index is 2.83. The largest absolute Gasteiger partial charge is 0.478 e. The molecule has 0 aromatic heterocycles. The van der Waals surface area contributed by atoms with Gasteiger partial charge >= 0.3 is 5.97 Å². The zero-order valence-corrected chi connectivity index (χ0v) is 11.7. The summed E-state index contributed by atoms with van der Waals surface area (Å²) in [6.45, 7) is 7.92. The molecule has 19 heavy (non-hydrogen) atoms. The molecule has 3 nitrogen and oxygen atoms in total. The standard InChI is InChI=1S/C16H22O3/c1-4-9-13-11-7-8-12-14(13)19-15(10-5-2)16(17)18-6-3/h4,7-8,11-12,15H,1,5-6,9-10H2,2-3H3. The van der Waals surface area contributed by atoms with Crippen LogP contribution in [0.5, 0.6) is 5.75 Å². The van der Waals surface area contributed by atoms with E-state index in [4.69, 9.17) is 9.47 Å². The summed E-state index contributed by atoms with van der Waals surface area (Å²) in [7, 11) is 0. The average molecular weight is 262 g/mol. The first-order valence-corrected chi connectivity index (χ1v) is 6.75. The third-order valence-corrected chi connectivity index (χ3v) is 2.71. The molecule has 1 aromatic carbocycles. The van der Waals surface area contributed by atoms with Crippen LogP contribution in [0.15, 0.2) is 36.9 Å². The number of carbonyl (C=O) groups excluding carboxylic acids is 1. The molecule has 1 atom stereocenters. The van der Waals surface area contributed by atoms with Crippen LogP contribution in [0.2, 0.25) is 0 Å². The zero-order chi connectivity index (χ0) is 14.1. The fourth-order valence-corrected chi connectivity index (χ4v) is 1.82. The van der Waals surface area contributed by atoms with Crippen molar-refractivity contribution in [3.8, 4) is 5.75 Å². The Morgan fingerprint density at radius 3 is 2.74 bits per heavy atom. The zero-order valence-electron chi connectivity index (χ0n) is 11.7. The minimum absolute atomic E-state index is 0.294. The highest BCUT2D eigenvalue weighted by Crippen LogP contribution is 2.21. The van der Waals surface area contributed by atoms with Crippen molar-refractivity contribution in [2.24, 2.45) is 0 Å². The Morgan fingerprint density at radius 2 is 2.11 bits per heavy atom. The summed E-state index contributed by atoms with van der Waals surface area (Å²) >= 11 is 0. The molecule has 0 fully saturated rings. The lowest BCUT2D eigenvalue weighted by molar-refractivity contribution is -0.151. The van der Waals surface area contributed by atoms with E-state index in [9.17, 15) is 4.79 Å². The molecule has 0 aliphatic carbocycles. The van der Waals surface area contributed by atoms with E-state index in [0.717, 1.165) is 24.2 Å². The summed E-state index contributed by atoms with van der Waals surface area (Å²) in [4.78, 5) is 11.8. The summed E-state index contributed by atoms with van der Waals surface area (Å²) in [5.74, 6) is 0.437. The summed E-state index contributed by atoms with van der Waals surface area (Å²) in [5, 5.41) is 0. The molecule has 0 saturated heterocycles. The predicted octanol–water partition coefficient (Wildman–Crippen LogP) is 3.53. The van der Waals surface area contributed by atoms with Crippen LogP contribution >= 0.6 is 0 Å². The molecule has 0 aliphatic rings. The van der Waals surface area contributed by atoms with Crippen LogP contribution in [0.4, 0.5) is 0 Å². The number of carbonyl (C=O) groups is 1. The van der Waals surface area contributed by atoms with Crippen molar-refractivity contribution in [1.29, 1.82) is 0 Å². The van der Waals surface area contributed by atoms with E-state index in [2.05, 4.69) is 6.58 Å². The lowest BCUT2D eigenvalue weighted by Crippen LogP contribution is -2.29. The van der Waals surface area contributed by atoms with Gasteiger partial charge < -0.3 is 9.47 Å². The van der Waals surface area contributed by atoms with Crippen LogP contribution in [0, 0.1) is 0 Å². The SMILES string of the molecule is C=CCc1ccccc1OC(CCC)C(=O)OCC. The van der Waals surface area contributed by atoms with Gasteiger partial charge in [-0.2, -0.15) is 0 Å². The van der Waals surface area contributed by atoms with Crippen molar-refractivity contribution in [3.05, 3.63) is 42.5 Å². The van der Waals surface area contributed by atoms with Crippen LogP contribution in [0.25, 0.3) is 0 Å². The van der Waals surface area contributed by atoms with Gasteiger partial charge in [-0.1, -0.05) is 37.6 Å². The Labute approximate surface area is 115 Å². The topological polar surface area (TPSA) is 35.5 Å². The van der Waals surface area contributed by atoms with E-state index in [1.807, 2.05) is 37.3 Å². The van der Waals surface area contributed by atoms with Crippen LogP contribution in [0.3, 0.4) is 0 Å². The molecular formula is C16H22O3. The number of allylic oxidation sites excluding steroid dienone is 1. The number of rotatable bonds is 8. The number of ether oxygens (including phenoxy) is 2. The maximum atomic E-state index is 11.8.